The summed E-state index contributed by atoms with van der Waals surface area (Å²) in [5.41, 5.74) is 1.01. The Morgan fingerprint density at radius 3 is 1.92 bits per heavy atom. The van der Waals surface area contributed by atoms with Crippen molar-refractivity contribution in [1.29, 1.82) is 0 Å². The number of allylic oxidation sites excluding steroid dienone is 6. The molecule has 0 aliphatic rings. The van der Waals surface area contributed by atoms with Crippen LogP contribution >= 0.6 is 0 Å². The normalized spacial score (nSPS) is 13.1. The average molecular weight is 327 g/mol. The summed E-state index contributed by atoms with van der Waals surface area (Å²) in [6.07, 6.45) is 10.0. The van der Waals surface area contributed by atoms with Gasteiger partial charge in [0.15, 0.2) is 5.78 Å². The van der Waals surface area contributed by atoms with Gasteiger partial charge in [0.1, 0.15) is 0 Å². The largest absolute Gasteiger partial charge is 0.298 e. The number of rotatable bonds is 6. The SMILES string of the molecule is CC.C\C=C/C=C(\C=C/C)C(C)(C)C(=O)C(C)(C)c1ccccc1. The van der Waals surface area contributed by atoms with Gasteiger partial charge in [-0.1, -0.05) is 74.6 Å². The number of hydrogen-bond donors (Lipinski definition) is 0. The van der Waals surface area contributed by atoms with Crippen molar-refractivity contribution >= 4 is 5.78 Å². The molecule has 1 nitrogen and oxygen atoms in total. The topological polar surface area (TPSA) is 17.1 Å². The molecule has 0 atom stereocenters. The molecule has 0 spiro atoms. The number of benzene rings is 1. The van der Waals surface area contributed by atoms with Crippen LogP contribution in [0.1, 0.15) is 61.0 Å². The van der Waals surface area contributed by atoms with Crippen molar-refractivity contribution in [3.05, 3.63) is 71.8 Å². The molecule has 0 fully saturated rings. The van der Waals surface area contributed by atoms with E-state index in [2.05, 4.69) is 0 Å². The van der Waals surface area contributed by atoms with Gasteiger partial charge >= 0.3 is 0 Å². The second kappa shape index (κ2) is 10.1. The van der Waals surface area contributed by atoms with E-state index in [4.69, 9.17) is 0 Å². The maximum absolute atomic E-state index is 13.3. The van der Waals surface area contributed by atoms with Crippen molar-refractivity contribution in [3.8, 4) is 0 Å². The Kier molecular flexibility index (Phi) is 9.28. The van der Waals surface area contributed by atoms with Crippen molar-refractivity contribution in [2.75, 3.05) is 0 Å². The molecule has 132 valence electrons. The van der Waals surface area contributed by atoms with Crippen molar-refractivity contribution in [2.24, 2.45) is 5.41 Å². The van der Waals surface area contributed by atoms with Gasteiger partial charge < -0.3 is 0 Å². The molecule has 0 heterocycles. The van der Waals surface area contributed by atoms with Crippen LogP contribution in [0.5, 0.6) is 0 Å². The third-order valence-corrected chi connectivity index (χ3v) is 4.17. The molecule has 0 saturated carbocycles. The van der Waals surface area contributed by atoms with E-state index in [0.29, 0.717) is 0 Å². The molecule has 0 bridgehead atoms. The number of carbonyl (C=O) groups excluding carboxylic acids is 1. The molecular formula is C23H34O. The number of Topliss-reactive ketones (excluding diaryl/α,β-unsaturated/α-hetero) is 1. The second-order valence-corrected chi connectivity index (χ2v) is 6.59. The van der Waals surface area contributed by atoms with E-state index >= 15 is 0 Å². The highest BCUT2D eigenvalue weighted by molar-refractivity contribution is 5.96. The smallest absolute Gasteiger partial charge is 0.152 e. The highest BCUT2D eigenvalue weighted by atomic mass is 16.1. The average Bonchev–Trinajstić information content (AvgIpc) is 2.60. The summed E-state index contributed by atoms with van der Waals surface area (Å²) in [6.45, 7) is 16.0. The highest BCUT2D eigenvalue weighted by Crippen LogP contribution is 2.38. The molecule has 0 saturated heterocycles. The quantitative estimate of drug-likeness (QED) is 0.534. The van der Waals surface area contributed by atoms with Crippen LogP contribution in [0, 0.1) is 5.41 Å². The van der Waals surface area contributed by atoms with E-state index in [1.54, 1.807) is 0 Å². The van der Waals surface area contributed by atoms with Crippen LogP contribution in [0.15, 0.2) is 66.3 Å². The van der Waals surface area contributed by atoms with Crippen molar-refractivity contribution in [1.82, 2.24) is 0 Å². The lowest BCUT2D eigenvalue weighted by molar-refractivity contribution is -0.130. The van der Waals surface area contributed by atoms with Crippen LogP contribution < -0.4 is 0 Å². The molecule has 0 aliphatic carbocycles. The molecule has 1 rings (SSSR count). The predicted molar refractivity (Wildman–Crippen MR) is 107 cm³/mol. The van der Waals surface area contributed by atoms with E-state index in [1.807, 2.05) is 116 Å². The number of ketones is 1. The highest BCUT2D eigenvalue weighted by Gasteiger charge is 2.41. The first kappa shape index (κ1) is 22.1. The molecule has 0 aromatic heterocycles. The van der Waals surface area contributed by atoms with E-state index in [0.717, 1.165) is 11.1 Å². The molecular weight excluding hydrogens is 292 g/mol. The fourth-order valence-electron chi connectivity index (χ4n) is 2.75. The van der Waals surface area contributed by atoms with Crippen LogP contribution in [-0.2, 0) is 10.2 Å². The zero-order chi connectivity index (χ0) is 18.8. The molecule has 0 aliphatic heterocycles. The molecule has 0 radical (unpaired) electrons. The summed E-state index contributed by atoms with van der Waals surface area (Å²) in [4.78, 5) is 13.3. The Labute approximate surface area is 149 Å². The zero-order valence-electron chi connectivity index (χ0n) is 16.7. The van der Waals surface area contributed by atoms with Gasteiger partial charge in [-0.3, -0.25) is 4.79 Å². The molecule has 0 N–H and O–H groups in total. The summed E-state index contributed by atoms with van der Waals surface area (Å²) in [7, 11) is 0. The predicted octanol–water partition coefficient (Wildman–Crippen LogP) is 6.66. The summed E-state index contributed by atoms with van der Waals surface area (Å²) < 4.78 is 0. The minimum Gasteiger partial charge on any atom is -0.298 e. The minimum atomic E-state index is -0.550. The Balaban J connectivity index is 0.00000254. The lowest BCUT2D eigenvalue weighted by Gasteiger charge is -2.34. The second-order valence-electron chi connectivity index (χ2n) is 6.59. The Morgan fingerprint density at radius 1 is 0.917 bits per heavy atom. The zero-order valence-corrected chi connectivity index (χ0v) is 16.7. The molecule has 0 amide bonds. The maximum atomic E-state index is 13.3. The third-order valence-electron chi connectivity index (χ3n) is 4.17. The first-order valence-electron chi connectivity index (χ1n) is 8.85. The van der Waals surface area contributed by atoms with Crippen molar-refractivity contribution in [2.45, 2.75) is 60.8 Å². The number of hydrogen-bond acceptors (Lipinski definition) is 1. The summed E-state index contributed by atoms with van der Waals surface area (Å²) in [5.74, 6) is 0.222. The maximum Gasteiger partial charge on any atom is 0.152 e. The lowest BCUT2D eigenvalue weighted by Crippen LogP contribution is -2.40. The first-order valence-corrected chi connectivity index (χ1v) is 8.85. The lowest BCUT2D eigenvalue weighted by atomic mass is 9.67. The van der Waals surface area contributed by atoms with Gasteiger partial charge in [-0.05, 0) is 52.7 Å². The Hall–Kier alpha value is -1.89. The van der Waals surface area contributed by atoms with E-state index in [-0.39, 0.29) is 5.78 Å². The van der Waals surface area contributed by atoms with Gasteiger partial charge in [-0.25, -0.2) is 0 Å². The van der Waals surface area contributed by atoms with Crippen LogP contribution in [0.3, 0.4) is 0 Å². The van der Waals surface area contributed by atoms with Gasteiger partial charge in [-0.15, -0.1) is 0 Å². The monoisotopic (exact) mass is 326 g/mol. The van der Waals surface area contributed by atoms with Gasteiger partial charge in [0.25, 0.3) is 0 Å². The molecule has 1 aromatic carbocycles. The summed E-state index contributed by atoms with van der Waals surface area (Å²) in [6, 6.07) is 10.0. The molecule has 0 unspecified atom stereocenters. The van der Waals surface area contributed by atoms with Crippen molar-refractivity contribution < 1.29 is 4.79 Å². The van der Waals surface area contributed by atoms with Crippen LogP contribution in [-0.4, -0.2) is 5.78 Å². The molecule has 1 heteroatoms. The molecule has 1 aromatic rings. The first-order chi connectivity index (χ1) is 11.3. The standard InChI is InChI=1S/C21H28O.C2H6/c1-7-9-14-17(13-8-2)20(3,4)19(22)21(5,6)18-15-11-10-12-16-18;1-2/h7-16H,1-6H3;1-2H3/b9-7-,13-8-,17-14+;. The fourth-order valence-corrected chi connectivity index (χ4v) is 2.75. The van der Waals surface area contributed by atoms with E-state index in [9.17, 15) is 4.79 Å². The third kappa shape index (κ3) is 5.33. The minimum absolute atomic E-state index is 0.222. The Morgan fingerprint density at radius 2 is 1.46 bits per heavy atom. The fraction of sp³-hybridized carbons (Fsp3) is 0.435. The van der Waals surface area contributed by atoms with Gasteiger partial charge in [0.2, 0.25) is 0 Å². The van der Waals surface area contributed by atoms with E-state index in [1.165, 1.54) is 0 Å². The number of carbonyl (C=O) groups is 1. The van der Waals surface area contributed by atoms with Gasteiger partial charge in [-0.2, -0.15) is 0 Å². The summed E-state index contributed by atoms with van der Waals surface area (Å²) >= 11 is 0. The van der Waals surface area contributed by atoms with E-state index < -0.39 is 10.8 Å². The van der Waals surface area contributed by atoms with Crippen LogP contribution in [0.4, 0.5) is 0 Å². The van der Waals surface area contributed by atoms with Gasteiger partial charge in [0, 0.05) is 10.8 Å². The summed E-state index contributed by atoms with van der Waals surface area (Å²) in [5, 5.41) is 0. The van der Waals surface area contributed by atoms with Gasteiger partial charge in [0.05, 0.1) is 0 Å². The molecule has 24 heavy (non-hydrogen) atoms. The van der Waals surface area contributed by atoms with Crippen LogP contribution in [0.25, 0.3) is 0 Å². The van der Waals surface area contributed by atoms with Crippen LogP contribution in [0.2, 0.25) is 0 Å². The Bertz CT molecular complexity index is 584. The van der Waals surface area contributed by atoms with Crippen molar-refractivity contribution in [3.63, 3.8) is 0 Å².